The van der Waals surface area contributed by atoms with Crippen LogP contribution in [-0.4, -0.2) is 15.9 Å². The van der Waals surface area contributed by atoms with Crippen molar-refractivity contribution in [2.45, 2.75) is 12.8 Å². The van der Waals surface area contributed by atoms with Crippen molar-refractivity contribution in [3.05, 3.63) is 127 Å². The van der Waals surface area contributed by atoms with Crippen molar-refractivity contribution in [3.8, 4) is 17.1 Å². The molecular weight excluding hydrogens is 614 g/mol. The van der Waals surface area contributed by atoms with Gasteiger partial charge in [-0.1, -0.05) is 48.0 Å². The predicted molar refractivity (Wildman–Crippen MR) is 149 cm³/mol. The minimum Gasteiger partial charge on any atom is -0.487 e. The Morgan fingerprint density at radius 3 is 2.55 bits per heavy atom. The van der Waals surface area contributed by atoms with Gasteiger partial charge in [-0.15, -0.1) is 0 Å². The highest BCUT2D eigenvalue weighted by Crippen LogP contribution is 2.34. The lowest BCUT2D eigenvalue weighted by Crippen LogP contribution is -2.20. The second kappa shape index (κ2) is 11.2. The fraction of sp³-hybridized carbons (Fsp3) is 0.0690. The first-order valence-corrected chi connectivity index (χ1v) is 12.9. The number of para-hydroxylation sites is 1. The van der Waals surface area contributed by atoms with Gasteiger partial charge in [-0.05, 0) is 70.0 Å². The number of ether oxygens (including phenoxy) is 1. The van der Waals surface area contributed by atoms with Crippen molar-refractivity contribution < 1.29 is 22.3 Å². The number of hydrogen-bond acceptors (Lipinski definition) is 4. The summed E-state index contributed by atoms with van der Waals surface area (Å²) >= 11 is 9.66. The lowest BCUT2D eigenvalue weighted by molar-refractivity contribution is -0.137. The van der Waals surface area contributed by atoms with E-state index in [-0.39, 0.29) is 23.4 Å². The molecule has 5 rings (SSSR count). The summed E-state index contributed by atoms with van der Waals surface area (Å²) in [5.74, 6) is -0.197. The van der Waals surface area contributed by atoms with Gasteiger partial charge >= 0.3 is 6.18 Å². The van der Waals surface area contributed by atoms with Crippen molar-refractivity contribution in [1.29, 1.82) is 0 Å². The van der Waals surface area contributed by atoms with Gasteiger partial charge in [-0.3, -0.25) is 4.79 Å². The molecule has 0 saturated carbocycles. The molecule has 5 aromatic rings. The fourth-order valence-electron chi connectivity index (χ4n) is 3.98. The first-order chi connectivity index (χ1) is 19.1. The van der Waals surface area contributed by atoms with Crippen molar-refractivity contribution in [1.82, 2.24) is 9.66 Å². The molecule has 0 aliphatic carbocycles. The molecule has 0 N–H and O–H groups in total. The number of hydrogen-bond donors (Lipinski definition) is 0. The standard InChI is InChI=1S/C29H17BrClF4N3O2/c30-24-14-21(31)13-19(26(24)40-16-17-5-3-8-22(32)11-17)15-36-38-27(18-6-4-7-20(12-18)29(33,34)35)37-25-10-2-1-9-23(25)28(38)39/h1-15H,16H2. The molecule has 0 saturated heterocycles. The summed E-state index contributed by atoms with van der Waals surface area (Å²) in [6, 6.07) is 20.0. The molecule has 0 bridgehead atoms. The normalized spacial score (nSPS) is 11.8. The van der Waals surface area contributed by atoms with Crippen LogP contribution in [0.3, 0.4) is 0 Å². The number of alkyl halides is 3. The van der Waals surface area contributed by atoms with Gasteiger partial charge in [0.25, 0.3) is 5.56 Å². The summed E-state index contributed by atoms with van der Waals surface area (Å²) < 4.78 is 61.3. The maximum absolute atomic E-state index is 13.6. The smallest absolute Gasteiger partial charge is 0.416 e. The lowest BCUT2D eigenvalue weighted by atomic mass is 10.1. The van der Waals surface area contributed by atoms with Gasteiger partial charge in [0.05, 0.1) is 27.2 Å². The van der Waals surface area contributed by atoms with Gasteiger partial charge in [-0.25, -0.2) is 9.37 Å². The summed E-state index contributed by atoms with van der Waals surface area (Å²) in [4.78, 5) is 17.9. The van der Waals surface area contributed by atoms with Gasteiger partial charge in [0.15, 0.2) is 5.82 Å². The Morgan fingerprint density at radius 1 is 1.00 bits per heavy atom. The van der Waals surface area contributed by atoms with Crippen LogP contribution in [0.1, 0.15) is 16.7 Å². The third kappa shape index (κ3) is 5.93. The van der Waals surface area contributed by atoms with E-state index in [1.54, 1.807) is 48.5 Å². The van der Waals surface area contributed by atoms with Crippen LogP contribution in [0.4, 0.5) is 17.6 Å². The first-order valence-electron chi connectivity index (χ1n) is 11.7. The molecule has 0 atom stereocenters. The Morgan fingerprint density at radius 2 is 1.77 bits per heavy atom. The van der Waals surface area contributed by atoms with E-state index in [4.69, 9.17) is 16.3 Å². The van der Waals surface area contributed by atoms with Crippen LogP contribution in [0.15, 0.2) is 99.3 Å². The number of benzene rings is 4. The Bertz CT molecular complexity index is 1820. The third-order valence-corrected chi connectivity index (χ3v) is 6.63. The highest BCUT2D eigenvalue weighted by Gasteiger charge is 2.31. The van der Waals surface area contributed by atoms with Gasteiger partial charge in [-0.2, -0.15) is 22.9 Å². The fourth-order valence-corrected chi connectivity index (χ4v) is 4.93. The molecule has 0 aliphatic rings. The molecule has 0 fully saturated rings. The van der Waals surface area contributed by atoms with Crippen LogP contribution < -0.4 is 10.3 Å². The van der Waals surface area contributed by atoms with Crippen molar-refractivity contribution >= 4 is 44.6 Å². The topological polar surface area (TPSA) is 56.5 Å². The second-order valence-corrected chi connectivity index (χ2v) is 9.91. The molecule has 1 heterocycles. The number of rotatable bonds is 6. The quantitative estimate of drug-likeness (QED) is 0.141. The molecule has 0 spiro atoms. The van der Waals surface area contributed by atoms with Gasteiger partial charge in [0.1, 0.15) is 18.2 Å². The molecule has 40 heavy (non-hydrogen) atoms. The van der Waals surface area contributed by atoms with Crippen LogP contribution in [-0.2, 0) is 12.8 Å². The van der Waals surface area contributed by atoms with Crippen LogP contribution in [0, 0.1) is 5.82 Å². The van der Waals surface area contributed by atoms with Crippen LogP contribution in [0.2, 0.25) is 5.02 Å². The molecule has 0 aliphatic heterocycles. The largest absolute Gasteiger partial charge is 0.487 e. The van der Waals surface area contributed by atoms with E-state index in [2.05, 4.69) is 26.0 Å². The maximum Gasteiger partial charge on any atom is 0.416 e. The van der Waals surface area contributed by atoms with E-state index in [1.807, 2.05) is 0 Å². The van der Waals surface area contributed by atoms with Crippen LogP contribution >= 0.6 is 27.5 Å². The molecular formula is C29H17BrClF4N3O2. The van der Waals surface area contributed by atoms with E-state index in [9.17, 15) is 22.4 Å². The molecule has 11 heteroatoms. The van der Waals surface area contributed by atoms with E-state index < -0.39 is 23.1 Å². The zero-order chi connectivity index (χ0) is 28.4. The minimum absolute atomic E-state index is 0.0196. The number of halogens is 6. The maximum atomic E-state index is 13.6. The Hall–Kier alpha value is -4.02. The average Bonchev–Trinajstić information content (AvgIpc) is 2.91. The first kappa shape index (κ1) is 27.5. The monoisotopic (exact) mass is 629 g/mol. The van der Waals surface area contributed by atoms with E-state index in [1.165, 1.54) is 30.5 Å². The molecule has 0 radical (unpaired) electrons. The Kier molecular flexibility index (Phi) is 7.73. The zero-order valence-electron chi connectivity index (χ0n) is 20.3. The summed E-state index contributed by atoms with van der Waals surface area (Å²) in [6.45, 7) is 0.0196. The molecule has 202 valence electrons. The molecule has 0 amide bonds. The lowest BCUT2D eigenvalue weighted by Gasteiger charge is -2.13. The summed E-state index contributed by atoms with van der Waals surface area (Å²) in [5, 5.41) is 4.88. The predicted octanol–water partition coefficient (Wildman–Crippen LogP) is 8.10. The van der Waals surface area contributed by atoms with E-state index in [0.717, 1.165) is 16.8 Å². The number of fused-ring (bicyclic) bond motifs is 1. The van der Waals surface area contributed by atoms with E-state index in [0.29, 0.717) is 31.9 Å². The molecule has 1 aromatic heterocycles. The molecule has 4 aromatic carbocycles. The SMILES string of the molecule is O=c1c2ccccc2nc(-c2cccc(C(F)(F)F)c2)n1N=Cc1cc(Cl)cc(Br)c1OCc1cccc(F)c1. The van der Waals surface area contributed by atoms with Crippen LogP contribution in [0.5, 0.6) is 5.75 Å². The summed E-state index contributed by atoms with van der Waals surface area (Å²) in [7, 11) is 0. The minimum atomic E-state index is -4.60. The van der Waals surface area contributed by atoms with Gasteiger partial charge in [0.2, 0.25) is 0 Å². The zero-order valence-corrected chi connectivity index (χ0v) is 22.6. The Balaban J connectivity index is 1.62. The highest BCUT2D eigenvalue weighted by molar-refractivity contribution is 9.10. The van der Waals surface area contributed by atoms with Crippen molar-refractivity contribution in [3.63, 3.8) is 0 Å². The third-order valence-electron chi connectivity index (χ3n) is 5.82. The summed E-state index contributed by atoms with van der Waals surface area (Å²) in [5.41, 5.74) is -0.203. The highest BCUT2D eigenvalue weighted by atomic mass is 79.9. The van der Waals surface area contributed by atoms with Gasteiger partial charge < -0.3 is 4.74 Å². The second-order valence-electron chi connectivity index (χ2n) is 8.62. The Labute approximate surface area is 238 Å². The molecule has 5 nitrogen and oxygen atoms in total. The van der Waals surface area contributed by atoms with Crippen molar-refractivity contribution in [2.24, 2.45) is 5.10 Å². The van der Waals surface area contributed by atoms with Crippen molar-refractivity contribution in [2.75, 3.05) is 0 Å². The average molecular weight is 631 g/mol. The number of aromatic nitrogens is 2. The number of nitrogens with zero attached hydrogens (tertiary/aromatic N) is 3. The van der Waals surface area contributed by atoms with Gasteiger partial charge in [0, 0.05) is 16.1 Å². The van der Waals surface area contributed by atoms with E-state index >= 15 is 0 Å². The summed E-state index contributed by atoms with van der Waals surface area (Å²) in [6.07, 6.45) is -3.30. The van der Waals surface area contributed by atoms with Crippen LogP contribution in [0.25, 0.3) is 22.3 Å². The molecule has 0 unspecified atom stereocenters.